The Balaban J connectivity index is 1.59. The maximum atomic E-state index is 6.17. The number of hydrogen-bond acceptors (Lipinski definition) is 3. The summed E-state index contributed by atoms with van der Waals surface area (Å²) in [5.74, 6) is 1.92. The number of aromatic nitrogens is 2. The normalized spacial score (nSPS) is 15.6. The predicted molar refractivity (Wildman–Crippen MR) is 103 cm³/mol. The minimum absolute atomic E-state index is 0.670. The summed E-state index contributed by atoms with van der Waals surface area (Å²) in [7, 11) is 3.83. The molecule has 0 unspecified atom stereocenters. The van der Waals surface area contributed by atoms with Crippen LogP contribution in [0.1, 0.15) is 11.4 Å². The molecule has 25 heavy (non-hydrogen) atoms. The Morgan fingerprint density at radius 1 is 1.28 bits per heavy atom. The van der Waals surface area contributed by atoms with Gasteiger partial charge in [-0.2, -0.15) is 0 Å². The predicted octanol–water partition coefficient (Wildman–Crippen LogP) is 2.28. The van der Waals surface area contributed by atoms with Crippen LogP contribution in [0.15, 0.2) is 35.6 Å². The van der Waals surface area contributed by atoms with Crippen LogP contribution >= 0.6 is 11.6 Å². The molecule has 1 aliphatic heterocycles. The number of halogens is 1. The number of piperazine rings is 1. The van der Waals surface area contributed by atoms with Gasteiger partial charge < -0.3 is 19.7 Å². The molecular formula is C18H25ClN6. The lowest BCUT2D eigenvalue weighted by molar-refractivity contribution is 0.371. The van der Waals surface area contributed by atoms with E-state index in [0.717, 1.165) is 43.0 Å². The Morgan fingerprint density at radius 2 is 2.04 bits per heavy atom. The number of guanidine groups is 1. The smallest absolute Gasteiger partial charge is 0.194 e. The first-order valence-corrected chi connectivity index (χ1v) is 8.89. The van der Waals surface area contributed by atoms with Gasteiger partial charge in [0.2, 0.25) is 0 Å². The van der Waals surface area contributed by atoms with Gasteiger partial charge in [0.15, 0.2) is 5.96 Å². The summed E-state index contributed by atoms with van der Waals surface area (Å²) in [6.07, 6.45) is 3.76. The molecule has 0 radical (unpaired) electrons. The van der Waals surface area contributed by atoms with Crippen LogP contribution in [0.4, 0.5) is 5.69 Å². The molecule has 0 saturated carbocycles. The van der Waals surface area contributed by atoms with E-state index in [1.807, 2.05) is 37.1 Å². The van der Waals surface area contributed by atoms with E-state index in [2.05, 4.69) is 44.1 Å². The van der Waals surface area contributed by atoms with Crippen LogP contribution in [0.2, 0.25) is 5.02 Å². The van der Waals surface area contributed by atoms with Crippen LogP contribution in [-0.4, -0.2) is 53.6 Å². The maximum absolute atomic E-state index is 6.17. The summed E-state index contributed by atoms with van der Waals surface area (Å²) in [4.78, 5) is 13.5. The Bertz CT molecular complexity index is 746. The van der Waals surface area contributed by atoms with Crippen molar-refractivity contribution in [3.63, 3.8) is 0 Å². The number of benzene rings is 1. The van der Waals surface area contributed by atoms with Gasteiger partial charge in [0.05, 0.1) is 6.54 Å². The van der Waals surface area contributed by atoms with Crippen molar-refractivity contribution in [1.82, 2.24) is 19.8 Å². The minimum atomic E-state index is 0.670. The molecule has 1 saturated heterocycles. The molecule has 0 spiro atoms. The molecule has 7 heteroatoms. The van der Waals surface area contributed by atoms with E-state index in [0.29, 0.717) is 6.54 Å². The van der Waals surface area contributed by atoms with Crippen molar-refractivity contribution in [1.29, 1.82) is 0 Å². The third-order valence-corrected chi connectivity index (χ3v) is 4.86. The van der Waals surface area contributed by atoms with Gasteiger partial charge in [0, 0.05) is 63.4 Å². The van der Waals surface area contributed by atoms with Gasteiger partial charge in [-0.3, -0.25) is 4.99 Å². The second-order valence-corrected chi connectivity index (χ2v) is 6.70. The average Bonchev–Trinajstić information content (AvgIpc) is 3.03. The van der Waals surface area contributed by atoms with E-state index in [1.165, 1.54) is 11.3 Å². The van der Waals surface area contributed by atoms with Gasteiger partial charge in [-0.15, -0.1) is 0 Å². The van der Waals surface area contributed by atoms with Gasteiger partial charge >= 0.3 is 0 Å². The van der Waals surface area contributed by atoms with Crippen LogP contribution in [0, 0.1) is 6.92 Å². The third kappa shape index (κ3) is 4.07. The second kappa shape index (κ2) is 7.78. The standard InChI is InChI=1S/C18H25ClN6/c1-14-4-5-15(19)12-16(14)24-8-10-25(11-9-24)18(20-2)22-13-17-21-6-7-23(17)3/h4-7,12H,8-11,13H2,1-3H3,(H,20,22). The number of hydrogen-bond donors (Lipinski definition) is 1. The molecular weight excluding hydrogens is 336 g/mol. The van der Waals surface area contributed by atoms with E-state index >= 15 is 0 Å². The number of rotatable bonds is 3. The lowest BCUT2D eigenvalue weighted by atomic mass is 10.1. The van der Waals surface area contributed by atoms with Crippen LogP contribution < -0.4 is 10.2 Å². The van der Waals surface area contributed by atoms with Crippen molar-refractivity contribution >= 4 is 23.2 Å². The number of anilines is 1. The Morgan fingerprint density at radius 3 is 2.68 bits per heavy atom. The highest BCUT2D eigenvalue weighted by atomic mass is 35.5. The Kier molecular flexibility index (Phi) is 5.48. The van der Waals surface area contributed by atoms with E-state index in [4.69, 9.17) is 11.6 Å². The van der Waals surface area contributed by atoms with E-state index in [1.54, 1.807) is 0 Å². The zero-order chi connectivity index (χ0) is 17.8. The summed E-state index contributed by atoms with van der Waals surface area (Å²) in [6, 6.07) is 6.08. The topological polar surface area (TPSA) is 48.7 Å². The third-order valence-electron chi connectivity index (χ3n) is 4.63. The summed E-state index contributed by atoms with van der Waals surface area (Å²) < 4.78 is 2.01. The summed E-state index contributed by atoms with van der Waals surface area (Å²) in [6.45, 7) is 6.54. The lowest BCUT2D eigenvalue weighted by Crippen LogP contribution is -2.52. The van der Waals surface area contributed by atoms with Crippen LogP contribution in [0.3, 0.4) is 0 Å². The molecule has 1 N–H and O–H groups in total. The molecule has 2 heterocycles. The number of imidazole rings is 1. The quantitative estimate of drug-likeness (QED) is 0.674. The first-order chi connectivity index (χ1) is 12.1. The number of nitrogens with one attached hydrogen (secondary N) is 1. The fourth-order valence-corrected chi connectivity index (χ4v) is 3.31. The molecule has 1 aromatic heterocycles. The largest absolute Gasteiger partial charge is 0.368 e. The number of nitrogens with zero attached hydrogens (tertiary/aromatic N) is 5. The molecule has 0 atom stereocenters. The van der Waals surface area contributed by atoms with E-state index in [-0.39, 0.29) is 0 Å². The average molecular weight is 361 g/mol. The zero-order valence-corrected chi connectivity index (χ0v) is 15.8. The van der Waals surface area contributed by atoms with Gasteiger partial charge in [0.1, 0.15) is 5.82 Å². The molecule has 2 aromatic rings. The first-order valence-electron chi connectivity index (χ1n) is 8.51. The van der Waals surface area contributed by atoms with Gasteiger partial charge in [0.25, 0.3) is 0 Å². The maximum Gasteiger partial charge on any atom is 0.194 e. The van der Waals surface area contributed by atoms with Gasteiger partial charge in [-0.25, -0.2) is 4.98 Å². The molecule has 6 nitrogen and oxygen atoms in total. The molecule has 1 aromatic carbocycles. The highest BCUT2D eigenvalue weighted by Crippen LogP contribution is 2.25. The van der Waals surface area contributed by atoms with Crippen LogP contribution in [-0.2, 0) is 13.6 Å². The van der Waals surface area contributed by atoms with Crippen LogP contribution in [0.5, 0.6) is 0 Å². The molecule has 134 valence electrons. The fraction of sp³-hybridized carbons (Fsp3) is 0.444. The number of aliphatic imine (C=N–C) groups is 1. The second-order valence-electron chi connectivity index (χ2n) is 6.26. The van der Waals surface area contributed by atoms with Crippen molar-refractivity contribution in [2.24, 2.45) is 12.0 Å². The van der Waals surface area contributed by atoms with E-state index < -0.39 is 0 Å². The van der Waals surface area contributed by atoms with Gasteiger partial charge in [-0.1, -0.05) is 17.7 Å². The SMILES string of the molecule is CN=C(NCc1nccn1C)N1CCN(c2cc(Cl)ccc2C)CC1. The van der Waals surface area contributed by atoms with Crippen molar-refractivity contribution in [2.75, 3.05) is 38.1 Å². The molecule has 0 aliphatic carbocycles. The molecule has 0 amide bonds. The number of aryl methyl sites for hydroxylation is 2. The molecule has 1 fully saturated rings. The highest BCUT2D eigenvalue weighted by Gasteiger charge is 2.21. The Hall–Kier alpha value is -2.21. The zero-order valence-electron chi connectivity index (χ0n) is 15.0. The highest BCUT2D eigenvalue weighted by molar-refractivity contribution is 6.30. The van der Waals surface area contributed by atoms with E-state index in [9.17, 15) is 0 Å². The first kappa shape index (κ1) is 17.6. The van der Waals surface area contributed by atoms with Crippen molar-refractivity contribution < 1.29 is 0 Å². The molecule has 3 rings (SSSR count). The van der Waals surface area contributed by atoms with Gasteiger partial charge in [-0.05, 0) is 24.6 Å². The molecule has 1 aliphatic rings. The lowest BCUT2D eigenvalue weighted by Gasteiger charge is -2.38. The van der Waals surface area contributed by atoms with Crippen molar-refractivity contribution in [3.8, 4) is 0 Å². The summed E-state index contributed by atoms with van der Waals surface area (Å²) in [5, 5.41) is 4.20. The van der Waals surface area contributed by atoms with Crippen molar-refractivity contribution in [2.45, 2.75) is 13.5 Å². The Labute approximate surface area is 154 Å². The minimum Gasteiger partial charge on any atom is -0.368 e. The molecule has 0 bridgehead atoms. The van der Waals surface area contributed by atoms with Crippen molar-refractivity contribution in [3.05, 3.63) is 47.0 Å². The fourth-order valence-electron chi connectivity index (χ4n) is 3.14. The monoisotopic (exact) mass is 360 g/mol. The van der Waals surface area contributed by atoms with Crippen LogP contribution in [0.25, 0.3) is 0 Å². The summed E-state index contributed by atoms with van der Waals surface area (Å²) >= 11 is 6.17. The summed E-state index contributed by atoms with van der Waals surface area (Å²) in [5.41, 5.74) is 2.48.